The molecule has 7 nitrogen and oxygen atoms in total. The van der Waals surface area contributed by atoms with Crippen LogP contribution in [0.1, 0.15) is 35.1 Å². The first kappa shape index (κ1) is 33.5. The number of hydrogen-bond acceptors (Lipinski definition) is 5. The Balaban J connectivity index is 1.18. The van der Waals surface area contributed by atoms with Crippen LogP contribution in [0.5, 0.6) is 0 Å². The number of amides is 2. The molecule has 2 aromatic heterocycles. The summed E-state index contributed by atoms with van der Waals surface area (Å²) in [6.45, 7) is 3.16. The minimum Gasteiger partial charge on any atom is -0.339 e. The van der Waals surface area contributed by atoms with E-state index < -0.39 is 17.6 Å². The fourth-order valence-electron chi connectivity index (χ4n) is 6.02. The summed E-state index contributed by atoms with van der Waals surface area (Å²) in [7, 11) is 3.76. The second kappa shape index (κ2) is 14.0. The van der Waals surface area contributed by atoms with E-state index in [1.165, 1.54) is 18.2 Å². The highest BCUT2D eigenvalue weighted by molar-refractivity contribution is 6.02. The summed E-state index contributed by atoms with van der Waals surface area (Å²) >= 11 is 0. The number of nitrogens with zero attached hydrogens (tertiary/aromatic N) is 4. The lowest BCUT2D eigenvalue weighted by molar-refractivity contribution is -0.138. The number of pyridine rings is 2. The number of para-hydroxylation sites is 1. The van der Waals surface area contributed by atoms with E-state index >= 15 is 0 Å². The van der Waals surface area contributed by atoms with Crippen LogP contribution in [0.2, 0.25) is 0 Å². The van der Waals surface area contributed by atoms with E-state index in [2.05, 4.69) is 21.4 Å². The van der Waals surface area contributed by atoms with Gasteiger partial charge in [-0.05, 0) is 97.7 Å². The van der Waals surface area contributed by atoms with Gasteiger partial charge in [0.15, 0.2) is 0 Å². The van der Waals surface area contributed by atoms with Crippen LogP contribution < -0.4 is 5.32 Å². The van der Waals surface area contributed by atoms with Crippen molar-refractivity contribution in [3.63, 3.8) is 0 Å². The summed E-state index contributed by atoms with van der Waals surface area (Å²) in [4.78, 5) is 38.1. The fourth-order valence-corrected chi connectivity index (χ4v) is 6.02. The molecule has 0 unspecified atom stereocenters. The quantitative estimate of drug-likeness (QED) is 0.170. The average Bonchev–Trinajstić information content (AvgIpc) is 3.09. The zero-order valence-electron chi connectivity index (χ0n) is 27.5. The summed E-state index contributed by atoms with van der Waals surface area (Å²) < 4.78 is 42.6. The molecular weight excluding hydrogens is 627 g/mol. The minimum atomic E-state index is -4.64. The summed E-state index contributed by atoms with van der Waals surface area (Å²) in [6, 6.07) is 19.8. The van der Waals surface area contributed by atoms with E-state index in [0.29, 0.717) is 37.1 Å². The van der Waals surface area contributed by atoms with Gasteiger partial charge < -0.3 is 15.1 Å². The lowest BCUT2D eigenvalue weighted by Crippen LogP contribution is -2.36. The smallest absolute Gasteiger partial charge is 0.339 e. The number of aryl methyl sites for hydroxylation is 1. The average molecular weight is 664 g/mol. The molecule has 1 aliphatic heterocycles. The number of anilines is 1. The van der Waals surface area contributed by atoms with Crippen LogP contribution in [0.4, 0.5) is 18.9 Å². The van der Waals surface area contributed by atoms with Crippen LogP contribution in [-0.2, 0) is 15.8 Å². The molecule has 0 fully saturated rings. The number of rotatable bonds is 8. The molecule has 6 rings (SSSR count). The van der Waals surface area contributed by atoms with Gasteiger partial charge in [0, 0.05) is 66.5 Å². The maximum absolute atomic E-state index is 14.2. The van der Waals surface area contributed by atoms with E-state index in [9.17, 15) is 22.8 Å². The molecule has 0 radical (unpaired) electrons. The van der Waals surface area contributed by atoms with Gasteiger partial charge in [0.25, 0.3) is 0 Å². The predicted octanol–water partition coefficient (Wildman–Crippen LogP) is 8.00. The third-order valence-corrected chi connectivity index (χ3v) is 8.79. The number of nitrogens with one attached hydrogen (secondary N) is 1. The van der Waals surface area contributed by atoms with Crippen molar-refractivity contribution in [1.82, 2.24) is 19.8 Å². The summed E-state index contributed by atoms with van der Waals surface area (Å²) in [5, 5.41) is 4.52. The van der Waals surface area contributed by atoms with Crippen LogP contribution in [0.25, 0.3) is 44.6 Å². The van der Waals surface area contributed by atoms with Gasteiger partial charge in [-0.3, -0.25) is 19.6 Å². The molecule has 250 valence electrons. The Hall–Kier alpha value is -5.35. The SMILES string of the molecule is Cc1c(C=CC(=O)Nc2ccc(C3=CCN(C(=O)CCN(C)C)CC3)c(C(F)(F)F)c2)cnc2ccc(-c3cnc4ccccc4c3)cc12. The maximum Gasteiger partial charge on any atom is 0.417 e. The van der Waals surface area contributed by atoms with Crippen LogP contribution >= 0.6 is 0 Å². The van der Waals surface area contributed by atoms with Crippen LogP contribution in [0.15, 0.2) is 91.3 Å². The van der Waals surface area contributed by atoms with Crippen LogP contribution in [0.3, 0.4) is 0 Å². The van der Waals surface area contributed by atoms with Gasteiger partial charge in [-0.25, -0.2) is 0 Å². The molecule has 1 N–H and O–H groups in total. The van der Waals surface area contributed by atoms with Crippen molar-refractivity contribution in [3.05, 3.63) is 114 Å². The highest BCUT2D eigenvalue weighted by Gasteiger charge is 2.35. The van der Waals surface area contributed by atoms with Crippen molar-refractivity contribution in [3.8, 4) is 11.1 Å². The van der Waals surface area contributed by atoms with Gasteiger partial charge in [-0.2, -0.15) is 13.2 Å². The zero-order chi connectivity index (χ0) is 34.7. The monoisotopic (exact) mass is 663 g/mol. The number of hydrogen-bond donors (Lipinski definition) is 1. The van der Waals surface area contributed by atoms with Crippen molar-refractivity contribution < 1.29 is 22.8 Å². The summed E-state index contributed by atoms with van der Waals surface area (Å²) in [5.41, 5.74) is 5.06. The van der Waals surface area contributed by atoms with Crippen molar-refractivity contribution >= 4 is 51.0 Å². The van der Waals surface area contributed by atoms with Gasteiger partial charge in [0.2, 0.25) is 11.8 Å². The number of alkyl halides is 3. The first-order valence-electron chi connectivity index (χ1n) is 16.0. The fraction of sp³-hybridized carbons (Fsp3) is 0.231. The Labute approximate surface area is 282 Å². The Kier molecular flexibility index (Phi) is 9.60. The van der Waals surface area contributed by atoms with Gasteiger partial charge >= 0.3 is 6.18 Å². The number of carbonyl (C=O) groups is 2. The third-order valence-electron chi connectivity index (χ3n) is 8.79. The minimum absolute atomic E-state index is 0.0239. The molecule has 10 heteroatoms. The lowest BCUT2D eigenvalue weighted by atomic mass is 9.94. The van der Waals surface area contributed by atoms with Gasteiger partial charge in [0.1, 0.15) is 0 Å². The normalized spacial score (nSPS) is 13.8. The molecule has 5 aromatic rings. The molecule has 0 saturated heterocycles. The highest BCUT2D eigenvalue weighted by Crippen LogP contribution is 2.38. The maximum atomic E-state index is 14.2. The number of halogens is 3. The molecular formula is C39H36F3N5O2. The molecule has 1 aliphatic rings. The topological polar surface area (TPSA) is 78.4 Å². The number of fused-ring (bicyclic) bond motifs is 2. The first-order chi connectivity index (χ1) is 23.5. The molecule has 0 atom stereocenters. The zero-order valence-corrected chi connectivity index (χ0v) is 27.5. The van der Waals surface area contributed by atoms with Gasteiger partial charge in [0.05, 0.1) is 16.6 Å². The van der Waals surface area contributed by atoms with E-state index in [-0.39, 0.29) is 23.7 Å². The largest absolute Gasteiger partial charge is 0.417 e. The number of carbonyl (C=O) groups excluding carboxylic acids is 2. The van der Waals surface area contributed by atoms with Crippen molar-refractivity contribution in [2.45, 2.75) is 25.9 Å². The second-order valence-corrected chi connectivity index (χ2v) is 12.4. The molecule has 49 heavy (non-hydrogen) atoms. The highest BCUT2D eigenvalue weighted by atomic mass is 19.4. The van der Waals surface area contributed by atoms with E-state index in [4.69, 9.17) is 0 Å². The second-order valence-electron chi connectivity index (χ2n) is 12.4. The van der Waals surface area contributed by atoms with E-state index in [1.54, 1.807) is 23.2 Å². The van der Waals surface area contributed by atoms with E-state index in [1.807, 2.05) is 74.6 Å². The van der Waals surface area contributed by atoms with Gasteiger partial charge in [-0.1, -0.05) is 36.4 Å². The lowest BCUT2D eigenvalue weighted by Gasteiger charge is -2.28. The molecule has 0 saturated carbocycles. The van der Waals surface area contributed by atoms with Crippen molar-refractivity contribution in [2.75, 3.05) is 39.0 Å². The first-order valence-corrected chi connectivity index (χ1v) is 16.0. The van der Waals surface area contributed by atoms with Crippen LogP contribution in [-0.4, -0.2) is 65.3 Å². The Morgan fingerprint density at radius 1 is 0.959 bits per heavy atom. The number of benzene rings is 3. The Bertz CT molecular complexity index is 2120. The van der Waals surface area contributed by atoms with Crippen LogP contribution in [0, 0.1) is 6.92 Å². The molecule has 3 aromatic carbocycles. The summed E-state index contributed by atoms with van der Waals surface area (Å²) in [5.74, 6) is -0.593. The predicted molar refractivity (Wildman–Crippen MR) is 189 cm³/mol. The molecule has 0 bridgehead atoms. The molecule has 3 heterocycles. The molecule has 0 aliphatic carbocycles. The van der Waals surface area contributed by atoms with Crippen molar-refractivity contribution in [2.24, 2.45) is 0 Å². The van der Waals surface area contributed by atoms with Gasteiger partial charge in [-0.15, -0.1) is 0 Å². The molecule has 0 spiro atoms. The summed E-state index contributed by atoms with van der Waals surface area (Å²) in [6.07, 6.45) is 4.13. The standard InChI is InChI=1S/C39H36F3N5O2/c1-25-29(23-44-36-12-8-27(21-33(25)36)30-20-28-6-4-5-7-35(28)43-24-30)9-13-37(48)45-31-10-11-32(34(22-31)39(40,41)42)26-14-18-47(19-15-26)38(49)16-17-46(2)3/h4-14,20-24H,15-19H2,1-3H3,(H,45,48). The Morgan fingerprint density at radius 2 is 1.76 bits per heavy atom. The van der Waals surface area contributed by atoms with E-state index in [0.717, 1.165) is 44.6 Å². The van der Waals surface area contributed by atoms with Crippen molar-refractivity contribution in [1.29, 1.82) is 0 Å². The third kappa shape index (κ3) is 7.70. The Morgan fingerprint density at radius 3 is 2.51 bits per heavy atom. The number of aromatic nitrogens is 2. The molecule has 2 amide bonds.